The molecule has 1 saturated heterocycles. The zero-order chi connectivity index (χ0) is 17.5. The molecular weight excluding hydrogens is 300 g/mol. The third kappa shape index (κ3) is 3.37. The Balaban J connectivity index is 1.99. The van der Waals surface area contributed by atoms with Gasteiger partial charge >= 0.3 is 5.97 Å². The fourth-order valence-electron chi connectivity index (χ4n) is 3.18. The average Bonchev–Trinajstić information content (AvgIpc) is 2.84. The van der Waals surface area contributed by atoms with Crippen LogP contribution < -0.4 is 4.90 Å². The van der Waals surface area contributed by atoms with Gasteiger partial charge in [0.25, 0.3) is 0 Å². The Kier molecular flexibility index (Phi) is 4.24. The number of nitrogens with zero attached hydrogens (tertiary/aromatic N) is 2. The summed E-state index contributed by atoms with van der Waals surface area (Å²) < 4.78 is 5.55. The molecule has 0 radical (unpaired) electrons. The van der Waals surface area contributed by atoms with E-state index in [1.165, 1.54) is 0 Å². The van der Waals surface area contributed by atoms with Crippen LogP contribution in [0.3, 0.4) is 0 Å². The highest BCUT2D eigenvalue weighted by Gasteiger charge is 2.27. The van der Waals surface area contributed by atoms with Gasteiger partial charge in [0, 0.05) is 30.4 Å². The number of carbonyl (C=O) groups is 1. The predicted molar refractivity (Wildman–Crippen MR) is 97.5 cm³/mol. The lowest BCUT2D eigenvalue weighted by atomic mass is 10.0. The van der Waals surface area contributed by atoms with Crippen LogP contribution in [0.4, 0.5) is 5.69 Å². The van der Waals surface area contributed by atoms with Crippen LogP contribution >= 0.6 is 0 Å². The molecule has 24 heavy (non-hydrogen) atoms. The molecule has 0 bridgehead atoms. The molecule has 3 rings (SSSR count). The Morgan fingerprint density at radius 2 is 1.83 bits per heavy atom. The average molecular weight is 326 g/mol. The Bertz CT molecular complexity index is 754. The highest BCUT2D eigenvalue weighted by molar-refractivity contribution is 6.04. The van der Waals surface area contributed by atoms with Crippen LogP contribution in [0, 0.1) is 11.8 Å². The fraction of sp³-hybridized carbons (Fsp3) is 0.500. The summed E-state index contributed by atoms with van der Waals surface area (Å²) in [4.78, 5) is 19.3. The molecule has 0 spiro atoms. The second-order valence-corrected chi connectivity index (χ2v) is 7.92. The Morgan fingerprint density at radius 1 is 1.17 bits per heavy atom. The lowest BCUT2D eigenvalue weighted by molar-refractivity contribution is 0.00718. The molecule has 1 aromatic heterocycles. The van der Waals surface area contributed by atoms with E-state index in [2.05, 4.69) is 35.9 Å². The van der Waals surface area contributed by atoms with Gasteiger partial charge in [0.05, 0.1) is 11.1 Å². The van der Waals surface area contributed by atoms with E-state index in [1.54, 1.807) is 12.3 Å². The van der Waals surface area contributed by atoms with Crippen LogP contribution in [0.15, 0.2) is 30.5 Å². The summed E-state index contributed by atoms with van der Waals surface area (Å²) in [6, 6.07) is 7.91. The number of hydrogen-bond acceptors (Lipinski definition) is 4. The zero-order valence-corrected chi connectivity index (χ0v) is 15.2. The van der Waals surface area contributed by atoms with Crippen LogP contribution in [0.2, 0.25) is 0 Å². The van der Waals surface area contributed by atoms with Crippen LogP contribution in [0.5, 0.6) is 0 Å². The van der Waals surface area contributed by atoms with Crippen LogP contribution in [0.25, 0.3) is 10.9 Å². The standard InChI is InChI=1S/C20H26N2O2/c1-13-11-22(12-14(13)2)15-6-7-18-17(10-15)16(8-9-21-18)19(23)24-20(3,4)5/h6-10,13-14H,11-12H2,1-5H3/t13-,14-/m1/s1. The highest BCUT2D eigenvalue weighted by Crippen LogP contribution is 2.31. The summed E-state index contributed by atoms with van der Waals surface area (Å²) in [5.74, 6) is 1.06. The molecule has 1 aliphatic rings. The zero-order valence-electron chi connectivity index (χ0n) is 15.2. The second-order valence-electron chi connectivity index (χ2n) is 7.92. The quantitative estimate of drug-likeness (QED) is 0.772. The number of pyridine rings is 1. The molecule has 0 saturated carbocycles. The monoisotopic (exact) mass is 326 g/mol. The summed E-state index contributed by atoms with van der Waals surface area (Å²) in [7, 11) is 0. The lowest BCUT2D eigenvalue weighted by Gasteiger charge is -2.21. The lowest BCUT2D eigenvalue weighted by Crippen LogP contribution is -2.24. The van der Waals surface area contributed by atoms with Crippen LogP contribution in [-0.4, -0.2) is 29.6 Å². The van der Waals surface area contributed by atoms with Crippen LogP contribution in [-0.2, 0) is 4.74 Å². The van der Waals surface area contributed by atoms with Gasteiger partial charge in [0.1, 0.15) is 5.60 Å². The minimum atomic E-state index is -0.510. The first kappa shape index (κ1) is 16.7. The predicted octanol–water partition coefficient (Wildman–Crippen LogP) is 4.28. The second kappa shape index (κ2) is 6.08. The van der Waals surface area contributed by atoms with Gasteiger partial charge in [-0.05, 0) is 56.9 Å². The van der Waals surface area contributed by atoms with Gasteiger partial charge in [-0.2, -0.15) is 0 Å². The molecule has 0 amide bonds. The first-order valence-corrected chi connectivity index (χ1v) is 8.61. The Hall–Kier alpha value is -2.10. The maximum absolute atomic E-state index is 12.5. The van der Waals surface area contributed by atoms with Crippen molar-refractivity contribution in [3.8, 4) is 0 Å². The van der Waals surface area contributed by atoms with Gasteiger partial charge in [-0.3, -0.25) is 4.98 Å². The molecule has 2 heterocycles. The number of fused-ring (bicyclic) bond motifs is 1. The summed E-state index contributed by atoms with van der Waals surface area (Å²) in [5.41, 5.74) is 2.04. The summed E-state index contributed by atoms with van der Waals surface area (Å²) in [6.45, 7) is 12.3. The highest BCUT2D eigenvalue weighted by atomic mass is 16.6. The van der Waals surface area contributed by atoms with Crippen molar-refractivity contribution in [1.29, 1.82) is 0 Å². The number of rotatable bonds is 2. The number of hydrogen-bond donors (Lipinski definition) is 0. The van der Waals surface area contributed by atoms with Gasteiger partial charge in [-0.25, -0.2) is 4.79 Å². The van der Waals surface area contributed by atoms with E-state index in [9.17, 15) is 4.79 Å². The van der Waals surface area contributed by atoms with Gasteiger partial charge < -0.3 is 9.64 Å². The molecule has 4 heteroatoms. The number of ether oxygens (including phenoxy) is 1. The summed E-state index contributed by atoms with van der Waals surface area (Å²) >= 11 is 0. The number of anilines is 1. The molecular formula is C20H26N2O2. The summed E-state index contributed by atoms with van der Waals surface area (Å²) in [5, 5.41) is 0.858. The van der Waals surface area contributed by atoms with E-state index >= 15 is 0 Å². The maximum Gasteiger partial charge on any atom is 0.339 e. The van der Waals surface area contributed by atoms with Crippen molar-refractivity contribution in [2.75, 3.05) is 18.0 Å². The van der Waals surface area contributed by atoms with Gasteiger partial charge in [-0.15, -0.1) is 0 Å². The first-order chi connectivity index (χ1) is 11.2. The Labute approximate surface area is 143 Å². The Morgan fingerprint density at radius 3 is 2.46 bits per heavy atom. The van der Waals surface area contributed by atoms with E-state index in [0.717, 1.165) is 29.7 Å². The molecule has 0 aliphatic carbocycles. The number of esters is 1. The third-order valence-corrected chi connectivity index (χ3v) is 4.70. The van der Waals surface area contributed by atoms with E-state index in [1.807, 2.05) is 26.8 Å². The number of benzene rings is 1. The topological polar surface area (TPSA) is 42.4 Å². The van der Waals surface area contributed by atoms with Crippen molar-refractivity contribution < 1.29 is 9.53 Å². The van der Waals surface area contributed by atoms with E-state index in [4.69, 9.17) is 4.74 Å². The number of aromatic nitrogens is 1. The van der Waals surface area contributed by atoms with Crippen molar-refractivity contribution in [2.24, 2.45) is 11.8 Å². The SMILES string of the molecule is C[C@@H]1CN(c2ccc3nccc(C(=O)OC(C)(C)C)c3c2)C[C@H]1C. The van der Waals surface area contributed by atoms with Crippen molar-refractivity contribution >= 4 is 22.6 Å². The minimum absolute atomic E-state index is 0.296. The molecule has 0 N–H and O–H groups in total. The van der Waals surface area contributed by atoms with Gasteiger partial charge in [0.2, 0.25) is 0 Å². The third-order valence-electron chi connectivity index (χ3n) is 4.70. The minimum Gasteiger partial charge on any atom is -0.456 e. The van der Waals surface area contributed by atoms with Crippen molar-refractivity contribution in [2.45, 2.75) is 40.2 Å². The first-order valence-electron chi connectivity index (χ1n) is 8.61. The van der Waals surface area contributed by atoms with Crippen molar-refractivity contribution in [3.05, 3.63) is 36.0 Å². The van der Waals surface area contributed by atoms with Gasteiger partial charge in [0.15, 0.2) is 0 Å². The largest absolute Gasteiger partial charge is 0.456 e. The normalized spacial score (nSPS) is 21.3. The maximum atomic E-state index is 12.5. The van der Waals surface area contributed by atoms with E-state index < -0.39 is 5.60 Å². The molecule has 1 aliphatic heterocycles. The molecule has 128 valence electrons. The van der Waals surface area contributed by atoms with E-state index in [-0.39, 0.29) is 5.97 Å². The molecule has 0 unspecified atom stereocenters. The molecule has 2 aromatic rings. The molecule has 4 nitrogen and oxygen atoms in total. The summed E-state index contributed by atoms with van der Waals surface area (Å²) in [6.07, 6.45) is 1.67. The fourth-order valence-corrected chi connectivity index (χ4v) is 3.18. The van der Waals surface area contributed by atoms with Gasteiger partial charge in [-0.1, -0.05) is 13.8 Å². The smallest absolute Gasteiger partial charge is 0.339 e. The number of carbonyl (C=O) groups excluding carboxylic acids is 1. The van der Waals surface area contributed by atoms with Crippen molar-refractivity contribution in [1.82, 2.24) is 4.98 Å². The van der Waals surface area contributed by atoms with Crippen LogP contribution in [0.1, 0.15) is 45.0 Å². The molecule has 1 aromatic carbocycles. The molecule has 1 fully saturated rings. The molecule has 2 atom stereocenters. The van der Waals surface area contributed by atoms with E-state index in [0.29, 0.717) is 17.4 Å². The van der Waals surface area contributed by atoms with Crippen molar-refractivity contribution in [3.63, 3.8) is 0 Å².